The quantitative estimate of drug-likeness (QED) is 0.0320. The van der Waals surface area contributed by atoms with Gasteiger partial charge in [0.25, 0.3) is 0 Å². The maximum Gasteiger partial charge on any atom is 0.305 e. The van der Waals surface area contributed by atoms with Gasteiger partial charge in [0, 0.05) is 12.8 Å². The van der Waals surface area contributed by atoms with Gasteiger partial charge in [0.1, 0.15) is 0 Å². The van der Waals surface area contributed by atoms with E-state index in [9.17, 15) is 19.8 Å². The Bertz CT molecular complexity index is 1200. The molecule has 2 unspecified atom stereocenters. The molecule has 77 heavy (non-hydrogen) atoms. The Kier molecular flexibility index (Phi) is 65.4. The Morgan fingerprint density at radius 1 is 0.351 bits per heavy atom. The first-order chi connectivity index (χ1) is 38.0. The predicted octanol–water partition coefficient (Wildman–Crippen LogP) is 22.5. The Labute approximate surface area is 481 Å². The van der Waals surface area contributed by atoms with E-state index in [-0.39, 0.29) is 18.5 Å². The predicted molar refractivity (Wildman–Crippen MR) is 338 cm³/mol. The molecule has 0 fully saturated rings. The van der Waals surface area contributed by atoms with Crippen LogP contribution in [0.1, 0.15) is 393 Å². The van der Waals surface area contributed by atoms with Gasteiger partial charge in [0.05, 0.1) is 25.4 Å². The first-order valence-corrected chi connectivity index (χ1v) is 35.1. The molecule has 0 heterocycles. The molecule has 6 heteroatoms. The minimum Gasteiger partial charge on any atom is -0.466 e. The lowest BCUT2D eigenvalue weighted by Crippen LogP contribution is -2.45. The molecule has 0 aliphatic heterocycles. The summed E-state index contributed by atoms with van der Waals surface area (Å²) in [5.41, 5.74) is 0. The van der Waals surface area contributed by atoms with Crippen LogP contribution in [-0.4, -0.2) is 47.4 Å². The van der Waals surface area contributed by atoms with E-state index in [0.717, 1.165) is 38.5 Å². The molecule has 0 aliphatic rings. The highest BCUT2D eigenvalue weighted by Gasteiger charge is 2.18. The normalized spacial score (nSPS) is 12.6. The van der Waals surface area contributed by atoms with Gasteiger partial charge in [-0.2, -0.15) is 0 Å². The highest BCUT2D eigenvalue weighted by molar-refractivity contribution is 5.76. The summed E-state index contributed by atoms with van der Waals surface area (Å²) in [6.07, 6.45) is 84.4. The number of carbonyl (C=O) groups excluding carboxylic acids is 2. The minimum atomic E-state index is -0.838. The van der Waals surface area contributed by atoms with Crippen molar-refractivity contribution in [1.82, 2.24) is 5.32 Å². The number of hydrogen-bond donors (Lipinski definition) is 3. The fraction of sp³-hybridized carbons (Fsp3) is 0.915. The maximum absolute atomic E-state index is 12.4. The first-order valence-electron chi connectivity index (χ1n) is 35.1. The molecule has 0 radical (unpaired) electrons. The zero-order valence-corrected chi connectivity index (χ0v) is 52.2. The number of unbranched alkanes of at least 4 members (excludes halogenated alkanes) is 53. The van der Waals surface area contributed by atoms with Crippen LogP contribution in [0.4, 0.5) is 0 Å². The van der Waals surface area contributed by atoms with Crippen LogP contribution in [0, 0.1) is 0 Å². The number of aliphatic hydroxyl groups is 2. The number of aliphatic hydroxyl groups excluding tert-OH is 2. The van der Waals surface area contributed by atoms with Crippen molar-refractivity contribution < 1.29 is 24.5 Å². The smallest absolute Gasteiger partial charge is 0.305 e. The number of rotatable bonds is 66. The van der Waals surface area contributed by atoms with Gasteiger partial charge >= 0.3 is 5.97 Å². The Hall–Kier alpha value is -1.66. The number of hydrogen-bond acceptors (Lipinski definition) is 5. The summed E-state index contributed by atoms with van der Waals surface area (Å²) in [4.78, 5) is 24.4. The van der Waals surface area contributed by atoms with Gasteiger partial charge in [-0.05, 0) is 57.8 Å². The molecule has 0 aromatic rings. The average molecular weight is 1080 g/mol. The summed E-state index contributed by atoms with van der Waals surface area (Å²) in [6.45, 7) is 4.90. The van der Waals surface area contributed by atoms with Crippen molar-refractivity contribution in [3.05, 3.63) is 24.3 Å². The van der Waals surface area contributed by atoms with Gasteiger partial charge in [-0.25, -0.2) is 0 Å². The Balaban J connectivity index is 3.29. The molecule has 6 nitrogen and oxygen atoms in total. The lowest BCUT2D eigenvalue weighted by Gasteiger charge is -2.20. The summed E-state index contributed by atoms with van der Waals surface area (Å²) in [7, 11) is 0. The van der Waals surface area contributed by atoms with Gasteiger partial charge in [0.2, 0.25) is 5.91 Å². The molecule has 0 spiro atoms. The summed E-state index contributed by atoms with van der Waals surface area (Å²) in [5.74, 6) is -0.0415. The monoisotopic (exact) mass is 1080 g/mol. The molecule has 3 N–H and O–H groups in total. The Morgan fingerprint density at radius 3 is 0.922 bits per heavy atom. The topological polar surface area (TPSA) is 95.9 Å². The van der Waals surface area contributed by atoms with Crippen LogP contribution in [0.15, 0.2) is 24.3 Å². The molecule has 0 rings (SSSR count). The van der Waals surface area contributed by atoms with Gasteiger partial charge in [-0.1, -0.05) is 346 Å². The van der Waals surface area contributed by atoms with Crippen LogP contribution in [0.3, 0.4) is 0 Å². The van der Waals surface area contributed by atoms with E-state index >= 15 is 0 Å². The van der Waals surface area contributed by atoms with Crippen molar-refractivity contribution >= 4 is 11.9 Å². The zero-order valence-electron chi connectivity index (χ0n) is 52.2. The van der Waals surface area contributed by atoms with Gasteiger partial charge in [0.15, 0.2) is 0 Å². The van der Waals surface area contributed by atoms with Crippen LogP contribution in [0.25, 0.3) is 0 Å². The summed E-state index contributed by atoms with van der Waals surface area (Å²) < 4.78 is 5.49. The van der Waals surface area contributed by atoms with E-state index in [2.05, 4.69) is 31.3 Å². The second-order valence-corrected chi connectivity index (χ2v) is 24.2. The lowest BCUT2D eigenvalue weighted by molar-refractivity contribution is -0.143. The van der Waals surface area contributed by atoms with E-state index < -0.39 is 12.1 Å². The molecular formula is C71H137NO5. The van der Waals surface area contributed by atoms with Crippen molar-refractivity contribution in [3.63, 3.8) is 0 Å². The molecule has 456 valence electrons. The highest BCUT2D eigenvalue weighted by atomic mass is 16.5. The molecule has 0 saturated heterocycles. The zero-order chi connectivity index (χ0) is 55.7. The average Bonchev–Trinajstić information content (AvgIpc) is 3.43. The first kappa shape index (κ1) is 75.3. The van der Waals surface area contributed by atoms with Gasteiger partial charge in [-0.15, -0.1) is 0 Å². The second-order valence-electron chi connectivity index (χ2n) is 24.2. The van der Waals surface area contributed by atoms with Crippen molar-refractivity contribution in [2.24, 2.45) is 0 Å². The van der Waals surface area contributed by atoms with E-state index in [1.54, 1.807) is 6.08 Å². The third-order valence-corrected chi connectivity index (χ3v) is 16.5. The number of amides is 1. The molecule has 0 aliphatic carbocycles. The molecule has 2 atom stereocenters. The van der Waals surface area contributed by atoms with Crippen molar-refractivity contribution in [2.75, 3.05) is 13.2 Å². The molecule has 0 saturated carbocycles. The third kappa shape index (κ3) is 63.4. The van der Waals surface area contributed by atoms with Gasteiger partial charge < -0.3 is 20.3 Å². The van der Waals surface area contributed by atoms with Crippen molar-refractivity contribution in [2.45, 2.75) is 405 Å². The third-order valence-electron chi connectivity index (χ3n) is 16.5. The highest BCUT2D eigenvalue weighted by Crippen LogP contribution is 2.19. The van der Waals surface area contributed by atoms with Crippen LogP contribution < -0.4 is 5.32 Å². The maximum atomic E-state index is 12.4. The second kappa shape index (κ2) is 66.8. The lowest BCUT2D eigenvalue weighted by atomic mass is 10.0. The number of ether oxygens (including phenoxy) is 1. The van der Waals surface area contributed by atoms with Crippen LogP contribution in [0.5, 0.6) is 0 Å². The molecule has 0 aromatic carbocycles. The molecule has 1 amide bonds. The molecular weight excluding hydrogens is 947 g/mol. The molecule has 0 aromatic heterocycles. The van der Waals surface area contributed by atoms with E-state index in [0.29, 0.717) is 19.4 Å². The van der Waals surface area contributed by atoms with E-state index in [1.165, 1.54) is 327 Å². The number of nitrogens with one attached hydrogen (secondary N) is 1. The van der Waals surface area contributed by atoms with Crippen LogP contribution >= 0.6 is 0 Å². The molecule has 0 bridgehead atoms. The Morgan fingerprint density at radius 2 is 0.610 bits per heavy atom. The fourth-order valence-corrected chi connectivity index (χ4v) is 11.1. The van der Waals surface area contributed by atoms with Gasteiger partial charge in [-0.3, -0.25) is 9.59 Å². The number of esters is 1. The summed E-state index contributed by atoms with van der Waals surface area (Å²) >= 11 is 0. The van der Waals surface area contributed by atoms with Crippen LogP contribution in [-0.2, 0) is 14.3 Å². The number of carbonyl (C=O) groups is 2. The largest absolute Gasteiger partial charge is 0.466 e. The van der Waals surface area contributed by atoms with Crippen molar-refractivity contribution in [1.29, 1.82) is 0 Å². The number of allylic oxidation sites excluding steroid dienone is 3. The minimum absolute atomic E-state index is 0.0234. The summed E-state index contributed by atoms with van der Waals surface area (Å²) in [6, 6.07) is -0.622. The summed E-state index contributed by atoms with van der Waals surface area (Å²) in [5, 5.41) is 23.0. The standard InChI is InChI=1S/C71H137NO5/c1-3-5-7-9-11-13-14-45-49-53-57-61-65-71(76)77-66-62-58-54-50-46-43-41-39-37-35-33-31-29-27-25-23-21-19-17-15-16-18-20-22-24-26-28-30-32-34-36-38-40-42-44-48-52-56-60-64-70(75)72-68(67-73)69(74)63-59-55-51-47-12-10-8-6-4-2/h15-16,59,63,68-69,73-74H,3-14,17-58,60-62,64-67H2,1-2H3,(H,72,75)/b16-15-,63-59+. The van der Waals surface area contributed by atoms with Crippen molar-refractivity contribution in [3.8, 4) is 0 Å². The fourth-order valence-electron chi connectivity index (χ4n) is 11.1. The van der Waals surface area contributed by atoms with E-state index in [4.69, 9.17) is 4.74 Å². The van der Waals surface area contributed by atoms with E-state index in [1.807, 2.05) is 6.08 Å². The van der Waals surface area contributed by atoms with Crippen LogP contribution in [0.2, 0.25) is 0 Å². The SMILES string of the molecule is CCCCCCCCC/C=C/C(O)C(CO)NC(=O)CCCCCCCCCCCCCCCCCCC/C=C\CCCCCCCCCCCCCCCCCCCCOC(=O)CCCCCCCCCCCCCC.